The number of methoxy groups -OCH3 is 2. The predicted molar refractivity (Wildman–Crippen MR) is 119 cm³/mol. The molecule has 1 N–H and O–H groups in total. The molecule has 166 valence electrons. The second-order valence-corrected chi connectivity index (χ2v) is 7.12. The van der Waals surface area contributed by atoms with Crippen molar-refractivity contribution in [2.24, 2.45) is 0 Å². The van der Waals surface area contributed by atoms with Gasteiger partial charge in [0.1, 0.15) is 0 Å². The Balaban J connectivity index is 2.14. The highest BCUT2D eigenvalue weighted by Gasteiger charge is 2.16. The first-order valence-corrected chi connectivity index (χ1v) is 10.0. The van der Waals surface area contributed by atoms with Crippen molar-refractivity contribution in [1.82, 2.24) is 15.2 Å². The molecule has 0 spiro atoms. The van der Waals surface area contributed by atoms with Crippen molar-refractivity contribution in [3.8, 4) is 5.75 Å². The van der Waals surface area contributed by atoms with Gasteiger partial charge in [0.15, 0.2) is 11.6 Å². The quantitative estimate of drug-likeness (QED) is 0.438. The molecule has 0 saturated carbocycles. The number of amides is 1. The molecule has 0 unspecified atom stereocenters. The van der Waals surface area contributed by atoms with E-state index in [0.29, 0.717) is 17.7 Å². The first-order valence-electron chi connectivity index (χ1n) is 10.0. The molecule has 0 atom stereocenters. The Hall–Kier alpha value is -3.19. The number of aryl methyl sites for hydroxylation is 1. The molecule has 0 aliphatic rings. The van der Waals surface area contributed by atoms with Crippen LogP contribution in [0.2, 0.25) is 0 Å². The van der Waals surface area contributed by atoms with E-state index in [4.69, 9.17) is 9.47 Å². The fourth-order valence-electron chi connectivity index (χ4n) is 3.00. The van der Waals surface area contributed by atoms with E-state index >= 15 is 0 Å². The van der Waals surface area contributed by atoms with Crippen LogP contribution in [0, 0.1) is 5.82 Å². The van der Waals surface area contributed by atoms with Gasteiger partial charge in [0.25, 0.3) is 5.91 Å². The summed E-state index contributed by atoms with van der Waals surface area (Å²) in [5.41, 5.74) is 3.36. The molecule has 7 heteroatoms. The lowest BCUT2D eigenvalue weighted by atomic mass is 10.1. The van der Waals surface area contributed by atoms with Gasteiger partial charge in [-0.15, -0.1) is 0 Å². The third kappa shape index (κ3) is 6.93. The summed E-state index contributed by atoms with van der Waals surface area (Å²) in [5.74, 6) is -0.911. The van der Waals surface area contributed by atoms with E-state index in [1.165, 1.54) is 32.0 Å². The summed E-state index contributed by atoms with van der Waals surface area (Å²) >= 11 is 0. The number of nitrogens with zero attached hydrogens (tertiary/aromatic N) is 2. The number of carbonyl (C=O) groups is 1. The molecule has 0 aliphatic heterocycles. The number of carbonyl (C=O) groups excluding carboxylic acids is 1. The molecular formula is C24H30FN3O3. The highest BCUT2D eigenvalue weighted by atomic mass is 19.1. The Morgan fingerprint density at radius 3 is 2.52 bits per heavy atom. The number of ether oxygens (including phenoxy) is 2. The van der Waals surface area contributed by atoms with E-state index in [-0.39, 0.29) is 30.5 Å². The average Bonchev–Trinajstić information content (AvgIpc) is 2.77. The first-order chi connectivity index (χ1) is 14.9. The van der Waals surface area contributed by atoms with Crippen LogP contribution < -0.4 is 10.1 Å². The van der Waals surface area contributed by atoms with Crippen LogP contribution >= 0.6 is 0 Å². The van der Waals surface area contributed by atoms with Gasteiger partial charge in [0.2, 0.25) is 0 Å². The molecule has 0 radical (unpaired) electrons. The lowest BCUT2D eigenvalue weighted by Crippen LogP contribution is -2.28. The lowest BCUT2D eigenvalue weighted by Gasteiger charge is -2.18. The minimum absolute atomic E-state index is 0.0765. The highest BCUT2D eigenvalue weighted by molar-refractivity contribution is 5.97. The van der Waals surface area contributed by atoms with Gasteiger partial charge in [-0.1, -0.05) is 37.8 Å². The number of hydrogen-bond donors (Lipinski definition) is 1. The topological polar surface area (TPSA) is 63.7 Å². The number of aromatic nitrogens is 1. The lowest BCUT2D eigenvalue weighted by molar-refractivity contribution is -0.117. The van der Waals surface area contributed by atoms with Crippen molar-refractivity contribution in [2.75, 3.05) is 27.9 Å². The molecule has 1 aromatic heterocycles. The molecule has 6 nitrogen and oxygen atoms in total. The van der Waals surface area contributed by atoms with Crippen LogP contribution in [0.3, 0.4) is 0 Å². The van der Waals surface area contributed by atoms with Crippen molar-refractivity contribution in [2.45, 2.75) is 26.4 Å². The van der Waals surface area contributed by atoms with Crippen molar-refractivity contribution in [3.05, 3.63) is 83.1 Å². The molecule has 1 heterocycles. The van der Waals surface area contributed by atoms with Gasteiger partial charge >= 0.3 is 0 Å². The summed E-state index contributed by atoms with van der Waals surface area (Å²) in [4.78, 5) is 18.8. The summed E-state index contributed by atoms with van der Waals surface area (Å²) < 4.78 is 24.4. The van der Waals surface area contributed by atoms with E-state index in [1.54, 1.807) is 6.20 Å². The Morgan fingerprint density at radius 2 is 1.90 bits per heavy atom. The second kappa shape index (κ2) is 11.9. The van der Waals surface area contributed by atoms with Crippen LogP contribution in [0.1, 0.15) is 23.7 Å². The zero-order valence-electron chi connectivity index (χ0n) is 18.6. The zero-order chi connectivity index (χ0) is 22.8. The smallest absolute Gasteiger partial charge is 0.253 e. The monoisotopic (exact) mass is 427 g/mol. The van der Waals surface area contributed by atoms with Crippen LogP contribution in [0.15, 0.2) is 60.5 Å². The number of hydrogen-bond acceptors (Lipinski definition) is 5. The third-order valence-corrected chi connectivity index (χ3v) is 4.72. The SMILES string of the molecule is C=C(COC)/C(=C\N(C)Cc1ccc(CC)cc1)C(=O)NCc1nccc(OC)c1F. The van der Waals surface area contributed by atoms with Crippen molar-refractivity contribution in [3.63, 3.8) is 0 Å². The molecule has 0 saturated heterocycles. The Kier molecular flexibility index (Phi) is 9.21. The molecule has 31 heavy (non-hydrogen) atoms. The first kappa shape index (κ1) is 24.1. The van der Waals surface area contributed by atoms with Gasteiger partial charge in [-0.25, -0.2) is 4.39 Å². The van der Waals surface area contributed by atoms with Gasteiger partial charge in [-0.2, -0.15) is 0 Å². The largest absolute Gasteiger partial charge is 0.494 e. The maximum Gasteiger partial charge on any atom is 0.253 e. The summed E-state index contributed by atoms with van der Waals surface area (Å²) in [6.45, 7) is 6.81. The van der Waals surface area contributed by atoms with E-state index < -0.39 is 5.82 Å². The molecule has 0 bridgehead atoms. The molecule has 0 aliphatic carbocycles. The number of halogens is 1. The molecule has 2 rings (SSSR count). The molecular weight excluding hydrogens is 397 g/mol. The van der Waals surface area contributed by atoms with Crippen molar-refractivity contribution in [1.29, 1.82) is 0 Å². The normalized spacial score (nSPS) is 11.2. The number of pyridine rings is 1. The highest BCUT2D eigenvalue weighted by Crippen LogP contribution is 2.18. The Morgan fingerprint density at radius 1 is 1.23 bits per heavy atom. The summed E-state index contributed by atoms with van der Waals surface area (Å²) in [6, 6.07) is 9.77. The van der Waals surface area contributed by atoms with Crippen LogP contribution in [0.5, 0.6) is 5.75 Å². The van der Waals surface area contributed by atoms with E-state index in [1.807, 2.05) is 11.9 Å². The Labute approximate surface area is 183 Å². The number of rotatable bonds is 11. The molecule has 1 amide bonds. The fourth-order valence-corrected chi connectivity index (χ4v) is 3.00. The maximum absolute atomic E-state index is 14.3. The minimum atomic E-state index is -0.598. The van der Waals surface area contributed by atoms with E-state index in [2.05, 4.69) is 48.1 Å². The molecule has 1 aromatic carbocycles. The maximum atomic E-state index is 14.3. The van der Waals surface area contributed by atoms with Crippen molar-refractivity contribution < 1.29 is 18.7 Å². The molecule has 0 fully saturated rings. The average molecular weight is 428 g/mol. The summed E-state index contributed by atoms with van der Waals surface area (Å²) in [6.07, 6.45) is 4.14. The molecule has 2 aromatic rings. The number of benzene rings is 1. The second-order valence-electron chi connectivity index (χ2n) is 7.12. The van der Waals surface area contributed by atoms with Gasteiger partial charge < -0.3 is 19.7 Å². The Bertz CT molecular complexity index is 926. The van der Waals surface area contributed by atoms with Crippen LogP contribution in [0.25, 0.3) is 0 Å². The van der Waals surface area contributed by atoms with Crippen molar-refractivity contribution >= 4 is 5.91 Å². The van der Waals surface area contributed by atoms with E-state index in [0.717, 1.165) is 12.0 Å². The van der Waals surface area contributed by atoms with Gasteiger partial charge in [0.05, 0.1) is 31.5 Å². The van der Waals surface area contributed by atoms with E-state index in [9.17, 15) is 9.18 Å². The zero-order valence-corrected chi connectivity index (χ0v) is 18.6. The van der Waals surface area contributed by atoms with Crippen LogP contribution in [-0.4, -0.2) is 43.7 Å². The van der Waals surface area contributed by atoms with Gasteiger partial charge in [-0.05, 0) is 23.1 Å². The van der Waals surface area contributed by atoms with Gasteiger partial charge in [0, 0.05) is 39.2 Å². The summed E-state index contributed by atoms with van der Waals surface area (Å²) in [5, 5.41) is 2.71. The fraction of sp³-hybridized carbons (Fsp3) is 0.333. The van der Waals surface area contributed by atoms with Gasteiger partial charge in [-0.3, -0.25) is 9.78 Å². The predicted octanol–water partition coefficient (Wildman–Crippen LogP) is 3.63. The third-order valence-electron chi connectivity index (χ3n) is 4.72. The number of nitrogens with one attached hydrogen (secondary N) is 1. The standard InChI is InChI=1S/C24H30FN3O3/c1-6-18-7-9-19(10-8-18)14-28(3)15-20(17(2)16-30-4)24(29)27-13-21-23(25)22(31-5)11-12-26-21/h7-12,15H,2,6,13-14,16H2,1,3-5H3,(H,27,29)/b20-15+. The van der Waals surface area contributed by atoms with Crippen LogP contribution in [0.4, 0.5) is 4.39 Å². The summed E-state index contributed by atoms with van der Waals surface area (Å²) in [7, 11) is 4.79. The van der Waals surface area contributed by atoms with Crippen LogP contribution in [-0.2, 0) is 29.0 Å². The minimum Gasteiger partial charge on any atom is -0.494 e.